The zero-order valence-electron chi connectivity index (χ0n) is 10.8. The lowest BCUT2D eigenvalue weighted by atomic mass is 10.1. The molecule has 6 heteroatoms. The van der Waals surface area contributed by atoms with Crippen LogP contribution in [0.25, 0.3) is 0 Å². The van der Waals surface area contributed by atoms with Crippen LogP contribution in [0.5, 0.6) is 5.75 Å². The van der Waals surface area contributed by atoms with Gasteiger partial charge in [-0.25, -0.2) is 4.79 Å². The van der Waals surface area contributed by atoms with Gasteiger partial charge in [-0.2, -0.15) is 0 Å². The number of nitrogen functional groups attached to an aromatic ring is 1. The second-order valence-corrected chi connectivity index (χ2v) is 4.40. The highest BCUT2D eigenvalue weighted by Crippen LogP contribution is 2.21. The van der Waals surface area contributed by atoms with Gasteiger partial charge in [-0.15, -0.1) is 0 Å². The van der Waals surface area contributed by atoms with Gasteiger partial charge in [0.25, 0.3) is 0 Å². The van der Waals surface area contributed by atoms with Crippen molar-refractivity contribution in [3.05, 3.63) is 52.8 Å². The number of nitrogens with two attached hydrogens (primary N) is 1. The summed E-state index contributed by atoms with van der Waals surface area (Å²) in [7, 11) is 1.51. The first-order chi connectivity index (χ1) is 9.61. The van der Waals surface area contributed by atoms with E-state index in [-0.39, 0.29) is 12.2 Å². The van der Waals surface area contributed by atoms with E-state index < -0.39 is 5.97 Å². The third-order valence-electron chi connectivity index (χ3n) is 2.70. The number of anilines is 1. The monoisotopic (exact) mass is 292 g/mol. The van der Waals surface area contributed by atoms with Gasteiger partial charge in [-0.05, 0) is 24.3 Å². The summed E-state index contributed by atoms with van der Waals surface area (Å²) in [5.41, 5.74) is 7.02. The van der Waals surface area contributed by atoms with Crippen LogP contribution in [0.4, 0.5) is 5.69 Å². The first-order valence-corrected chi connectivity index (χ1v) is 6.18. The minimum atomic E-state index is -0.533. The highest BCUT2D eigenvalue weighted by molar-refractivity contribution is 6.31. The third kappa shape index (κ3) is 3.19. The summed E-state index contributed by atoms with van der Waals surface area (Å²) in [4.78, 5) is 15.9. The van der Waals surface area contributed by atoms with Crippen molar-refractivity contribution in [3.63, 3.8) is 0 Å². The van der Waals surface area contributed by atoms with Crippen molar-refractivity contribution in [2.45, 2.75) is 6.61 Å². The molecule has 0 radical (unpaired) electrons. The maximum Gasteiger partial charge on any atom is 0.340 e. The molecular formula is C14H13ClN2O3. The number of hydrogen-bond donors (Lipinski definition) is 1. The van der Waals surface area contributed by atoms with Crippen molar-refractivity contribution in [2.24, 2.45) is 0 Å². The lowest BCUT2D eigenvalue weighted by molar-refractivity contribution is 0.0473. The summed E-state index contributed by atoms with van der Waals surface area (Å²) < 4.78 is 10.2. The van der Waals surface area contributed by atoms with Crippen LogP contribution in [-0.4, -0.2) is 18.1 Å². The number of carbonyl (C=O) groups is 1. The molecule has 0 aliphatic rings. The molecule has 0 fully saturated rings. The van der Waals surface area contributed by atoms with Gasteiger partial charge in [0.2, 0.25) is 0 Å². The summed E-state index contributed by atoms with van der Waals surface area (Å²) in [6.07, 6.45) is 3.07. The summed E-state index contributed by atoms with van der Waals surface area (Å²) in [5, 5.41) is 0.443. The van der Waals surface area contributed by atoms with E-state index in [4.69, 9.17) is 26.8 Å². The number of hydrogen-bond acceptors (Lipinski definition) is 5. The largest absolute Gasteiger partial charge is 0.497 e. The van der Waals surface area contributed by atoms with Crippen LogP contribution in [0.1, 0.15) is 15.9 Å². The van der Waals surface area contributed by atoms with Gasteiger partial charge in [-0.1, -0.05) is 11.6 Å². The number of nitrogens with zero attached hydrogens (tertiary/aromatic N) is 1. The Labute approximate surface area is 121 Å². The Hall–Kier alpha value is -2.27. The molecule has 0 unspecified atom stereocenters. The second kappa shape index (κ2) is 6.25. The first kappa shape index (κ1) is 14.1. The average molecular weight is 293 g/mol. The lowest BCUT2D eigenvalue weighted by Crippen LogP contribution is -2.08. The van der Waals surface area contributed by atoms with Crippen molar-refractivity contribution in [1.29, 1.82) is 0 Å². The summed E-state index contributed by atoms with van der Waals surface area (Å²) in [6, 6.07) is 6.48. The molecule has 0 aliphatic heterocycles. The molecule has 104 valence electrons. The van der Waals surface area contributed by atoms with Gasteiger partial charge in [0.05, 0.1) is 17.7 Å². The van der Waals surface area contributed by atoms with E-state index in [0.29, 0.717) is 22.0 Å². The van der Waals surface area contributed by atoms with Gasteiger partial charge >= 0.3 is 5.97 Å². The summed E-state index contributed by atoms with van der Waals surface area (Å²) in [5.74, 6) is 0.00220. The van der Waals surface area contributed by atoms with Gasteiger partial charge in [0, 0.05) is 23.6 Å². The number of esters is 1. The number of rotatable bonds is 4. The highest BCUT2D eigenvalue weighted by atomic mass is 35.5. The predicted octanol–water partition coefficient (Wildman–Crippen LogP) is 2.68. The summed E-state index contributed by atoms with van der Waals surface area (Å²) in [6.45, 7) is 0.0524. The Morgan fingerprint density at radius 2 is 2.20 bits per heavy atom. The van der Waals surface area contributed by atoms with Crippen LogP contribution in [0.15, 0.2) is 36.7 Å². The fraction of sp³-hybridized carbons (Fsp3) is 0.143. The Kier molecular flexibility index (Phi) is 4.42. The molecule has 0 atom stereocenters. The standard InChI is InChI=1S/C14H13ClN2O3/c1-19-10-2-3-13(16)11(6-10)14(18)20-8-9-4-5-17-7-12(9)15/h2-7H,8,16H2,1H3. The van der Waals surface area contributed by atoms with E-state index in [9.17, 15) is 4.79 Å². The zero-order valence-corrected chi connectivity index (χ0v) is 11.6. The molecule has 5 nitrogen and oxygen atoms in total. The van der Waals surface area contributed by atoms with E-state index in [0.717, 1.165) is 0 Å². The van der Waals surface area contributed by atoms with Crippen LogP contribution >= 0.6 is 11.6 Å². The number of ether oxygens (including phenoxy) is 2. The van der Waals surface area contributed by atoms with Crippen LogP contribution in [0.3, 0.4) is 0 Å². The van der Waals surface area contributed by atoms with Crippen LogP contribution in [0, 0.1) is 0 Å². The van der Waals surface area contributed by atoms with E-state index in [1.54, 1.807) is 24.4 Å². The van der Waals surface area contributed by atoms with Crippen molar-refractivity contribution in [2.75, 3.05) is 12.8 Å². The molecule has 2 N–H and O–H groups in total. The molecule has 0 saturated heterocycles. The number of carbonyl (C=O) groups excluding carboxylic acids is 1. The normalized spacial score (nSPS) is 10.1. The van der Waals surface area contributed by atoms with E-state index >= 15 is 0 Å². The van der Waals surface area contributed by atoms with Crippen LogP contribution in [0.2, 0.25) is 5.02 Å². The Bertz CT molecular complexity index is 632. The molecule has 0 amide bonds. The average Bonchev–Trinajstić information content (AvgIpc) is 2.46. The van der Waals surface area contributed by atoms with E-state index in [2.05, 4.69) is 4.98 Å². The maximum atomic E-state index is 12.0. The number of methoxy groups -OCH3 is 1. The van der Waals surface area contributed by atoms with E-state index in [1.165, 1.54) is 19.4 Å². The molecule has 1 aromatic heterocycles. The number of pyridine rings is 1. The minimum absolute atomic E-state index is 0.0524. The van der Waals surface area contributed by atoms with Gasteiger partial charge in [0.15, 0.2) is 0 Å². The Morgan fingerprint density at radius 3 is 2.90 bits per heavy atom. The highest BCUT2D eigenvalue weighted by Gasteiger charge is 2.13. The van der Waals surface area contributed by atoms with E-state index in [1.807, 2.05) is 0 Å². The Morgan fingerprint density at radius 1 is 1.40 bits per heavy atom. The third-order valence-corrected chi connectivity index (χ3v) is 3.04. The summed E-state index contributed by atoms with van der Waals surface area (Å²) >= 11 is 5.93. The smallest absolute Gasteiger partial charge is 0.340 e. The molecule has 20 heavy (non-hydrogen) atoms. The van der Waals surface area contributed by atoms with Crippen LogP contribution < -0.4 is 10.5 Å². The molecule has 0 aliphatic carbocycles. The number of halogens is 1. The molecule has 0 saturated carbocycles. The quantitative estimate of drug-likeness (QED) is 0.693. The Balaban J connectivity index is 2.11. The van der Waals surface area contributed by atoms with Gasteiger partial charge in [0.1, 0.15) is 12.4 Å². The van der Waals surface area contributed by atoms with Gasteiger partial charge < -0.3 is 15.2 Å². The molecular weight excluding hydrogens is 280 g/mol. The molecule has 2 aromatic rings. The van der Waals surface area contributed by atoms with Gasteiger partial charge in [-0.3, -0.25) is 4.98 Å². The number of aromatic nitrogens is 1. The number of benzene rings is 1. The fourth-order valence-corrected chi connectivity index (χ4v) is 1.76. The van der Waals surface area contributed by atoms with Crippen molar-refractivity contribution in [3.8, 4) is 5.75 Å². The molecule has 1 aromatic carbocycles. The lowest BCUT2D eigenvalue weighted by Gasteiger charge is -2.09. The maximum absolute atomic E-state index is 12.0. The van der Waals surface area contributed by atoms with Crippen LogP contribution in [-0.2, 0) is 11.3 Å². The van der Waals surface area contributed by atoms with Crippen molar-refractivity contribution >= 4 is 23.3 Å². The molecule has 2 rings (SSSR count). The second-order valence-electron chi connectivity index (χ2n) is 4.00. The van der Waals surface area contributed by atoms with Crippen molar-refractivity contribution in [1.82, 2.24) is 4.98 Å². The van der Waals surface area contributed by atoms with Crippen molar-refractivity contribution < 1.29 is 14.3 Å². The fourth-order valence-electron chi connectivity index (χ4n) is 1.58. The first-order valence-electron chi connectivity index (χ1n) is 5.81. The zero-order chi connectivity index (χ0) is 14.5. The topological polar surface area (TPSA) is 74.4 Å². The predicted molar refractivity (Wildman–Crippen MR) is 75.8 cm³/mol. The molecule has 0 spiro atoms. The molecule has 1 heterocycles. The SMILES string of the molecule is COc1ccc(N)c(C(=O)OCc2ccncc2Cl)c1. The molecule has 0 bridgehead atoms. The minimum Gasteiger partial charge on any atom is -0.497 e.